The summed E-state index contributed by atoms with van der Waals surface area (Å²) in [6.07, 6.45) is 4.53. The van der Waals surface area contributed by atoms with E-state index in [0.717, 1.165) is 12.2 Å². The molecular formula is C15H18N2S. The molecule has 0 aliphatic rings. The van der Waals surface area contributed by atoms with E-state index >= 15 is 0 Å². The van der Waals surface area contributed by atoms with Crippen molar-refractivity contribution in [2.24, 2.45) is 5.73 Å². The maximum absolute atomic E-state index is 6.15. The number of hydrogen-bond donors (Lipinski definition) is 1. The van der Waals surface area contributed by atoms with Crippen molar-refractivity contribution < 1.29 is 0 Å². The number of thioether (sulfide) groups is 1. The van der Waals surface area contributed by atoms with Gasteiger partial charge in [0.25, 0.3) is 0 Å². The Bertz CT molecular complexity index is 485. The molecule has 1 heterocycles. The van der Waals surface area contributed by atoms with Crippen LogP contribution in [0.5, 0.6) is 0 Å². The molecule has 0 radical (unpaired) electrons. The van der Waals surface area contributed by atoms with Gasteiger partial charge in [0.1, 0.15) is 0 Å². The quantitative estimate of drug-likeness (QED) is 0.838. The van der Waals surface area contributed by atoms with Crippen LogP contribution in [0.3, 0.4) is 0 Å². The second-order valence-corrected chi connectivity index (χ2v) is 5.54. The Labute approximate surface area is 113 Å². The van der Waals surface area contributed by atoms with Crippen LogP contribution in [0.1, 0.15) is 11.1 Å². The van der Waals surface area contributed by atoms with Gasteiger partial charge in [-0.3, -0.25) is 4.98 Å². The highest BCUT2D eigenvalue weighted by molar-refractivity contribution is 7.99. The number of nitrogens with two attached hydrogens (primary N) is 1. The van der Waals surface area contributed by atoms with E-state index in [9.17, 15) is 0 Å². The van der Waals surface area contributed by atoms with E-state index in [-0.39, 0.29) is 6.04 Å². The number of rotatable bonds is 5. The lowest BCUT2D eigenvalue weighted by Gasteiger charge is -2.11. The number of pyridine rings is 1. The Morgan fingerprint density at radius 1 is 1.22 bits per heavy atom. The van der Waals surface area contributed by atoms with Crippen LogP contribution in [0.4, 0.5) is 0 Å². The first-order valence-electron chi connectivity index (χ1n) is 6.08. The zero-order valence-corrected chi connectivity index (χ0v) is 11.4. The van der Waals surface area contributed by atoms with E-state index in [1.54, 1.807) is 0 Å². The van der Waals surface area contributed by atoms with Crippen LogP contribution in [0.25, 0.3) is 0 Å². The van der Waals surface area contributed by atoms with Gasteiger partial charge in [-0.05, 0) is 43.2 Å². The molecule has 94 valence electrons. The second kappa shape index (κ2) is 6.57. The molecule has 0 saturated heterocycles. The molecule has 1 aromatic heterocycles. The average Bonchev–Trinajstić information content (AvgIpc) is 2.38. The number of benzene rings is 1. The monoisotopic (exact) mass is 258 g/mol. The first-order chi connectivity index (χ1) is 8.74. The Hall–Kier alpha value is -1.32. The third kappa shape index (κ3) is 4.17. The van der Waals surface area contributed by atoms with Gasteiger partial charge in [-0.1, -0.05) is 17.7 Å². The van der Waals surface area contributed by atoms with Gasteiger partial charge < -0.3 is 5.73 Å². The summed E-state index contributed by atoms with van der Waals surface area (Å²) >= 11 is 1.82. The Kier molecular flexibility index (Phi) is 4.79. The van der Waals surface area contributed by atoms with Crippen molar-refractivity contribution in [3.8, 4) is 0 Å². The lowest BCUT2D eigenvalue weighted by molar-refractivity contribution is 0.747. The molecular weight excluding hydrogens is 240 g/mol. The molecule has 0 saturated carbocycles. The number of aryl methyl sites for hydroxylation is 1. The zero-order chi connectivity index (χ0) is 12.8. The summed E-state index contributed by atoms with van der Waals surface area (Å²) in [5, 5.41) is 0. The lowest BCUT2D eigenvalue weighted by atomic mass is 10.1. The summed E-state index contributed by atoms with van der Waals surface area (Å²) in [6, 6.07) is 12.8. The number of aromatic nitrogens is 1. The predicted octanol–water partition coefficient (Wildman–Crippen LogP) is 3.05. The molecule has 2 N–H and O–H groups in total. The second-order valence-electron chi connectivity index (χ2n) is 4.45. The van der Waals surface area contributed by atoms with Gasteiger partial charge in [0.15, 0.2) is 0 Å². The highest BCUT2D eigenvalue weighted by Crippen LogP contribution is 2.20. The van der Waals surface area contributed by atoms with Crippen LogP contribution in [-0.2, 0) is 6.42 Å². The highest BCUT2D eigenvalue weighted by atomic mass is 32.2. The van der Waals surface area contributed by atoms with Crippen molar-refractivity contribution in [2.75, 3.05) is 5.75 Å². The van der Waals surface area contributed by atoms with Crippen LogP contribution in [-0.4, -0.2) is 16.8 Å². The largest absolute Gasteiger partial charge is 0.327 e. The molecule has 1 aromatic carbocycles. The molecule has 0 spiro atoms. The molecule has 0 amide bonds. The van der Waals surface area contributed by atoms with Gasteiger partial charge >= 0.3 is 0 Å². The molecule has 1 atom stereocenters. The van der Waals surface area contributed by atoms with E-state index in [1.165, 1.54) is 16.0 Å². The van der Waals surface area contributed by atoms with Crippen molar-refractivity contribution in [1.82, 2.24) is 4.98 Å². The molecule has 0 bridgehead atoms. The summed E-state index contributed by atoms with van der Waals surface area (Å²) in [7, 11) is 0. The normalized spacial score (nSPS) is 12.3. The third-order valence-electron chi connectivity index (χ3n) is 2.70. The first-order valence-corrected chi connectivity index (χ1v) is 7.06. The topological polar surface area (TPSA) is 38.9 Å². The summed E-state index contributed by atoms with van der Waals surface area (Å²) in [5.74, 6) is 0.936. The van der Waals surface area contributed by atoms with Gasteiger partial charge in [-0.2, -0.15) is 0 Å². The highest BCUT2D eigenvalue weighted by Gasteiger charge is 2.05. The minimum atomic E-state index is 0.179. The minimum Gasteiger partial charge on any atom is -0.327 e. The summed E-state index contributed by atoms with van der Waals surface area (Å²) in [6.45, 7) is 2.11. The molecule has 3 heteroatoms. The molecule has 0 aliphatic heterocycles. The Morgan fingerprint density at radius 3 is 2.72 bits per heavy atom. The van der Waals surface area contributed by atoms with Crippen LogP contribution >= 0.6 is 11.8 Å². The molecule has 2 aromatic rings. The van der Waals surface area contributed by atoms with E-state index < -0.39 is 0 Å². The van der Waals surface area contributed by atoms with Gasteiger partial charge in [0.2, 0.25) is 0 Å². The van der Waals surface area contributed by atoms with E-state index in [0.29, 0.717) is 0 Å². The smallest absolute Gasteiger partial charge is 0.0270 e. The van der Waals surface area contributed by atoms with Crippen molar-refractivity contribution in [1.29, 1.82) is 0 Å². The van der Waals surface area contributed by atoms with E-state index in [2.05, 4.69) is 36.2 Å². The summed E-state index contributed by atoms with van der Waals surface area (Å²) in [4.78, 5) is 5.30. The average molecular weight is 258 g/mol. The van der Waals surface area contributed by atoms with Crippen molar-refractivity contribution in [3.05, 3.63) is 59.9 Å². The van der Waals surface area contributed by atoms with Crippen LogP contribution in [0.2, 0.25) is 0 Å². The fourth-order valence-corrected chi connectivity index (χ4v) is 2.76. The van der Waals surface area contributed by atoms with Crippen LogP contribution in [0, 0.1) is 6.92 Å². The van der Waals surface area contributed by atoms with Crippen LogP contribution < -0.4 is 5.73 Å². The molecule has 2 rings (SSSR count). The molecule has 0 fully saturated rings. The molecule has 0 aliphatic carbocycles. The van der Waals surface area contributed by atoms with Gasteiger partial charge in [0, 0.05) is 29.1 Å². The molecule has 1 unspecified atom stereocenters. The number of nitrogens with zero attached hydrogens (tertiary/aromatic N) is 1. The predicted molar refractivity (Wildman–Crippen MR) is 77.8 cm³/mol. The first kappa shape index (κ1) is 13.1. The van der Waals surface area contributed by atoms with Gasteiger partial charge in [0.05, 0.1) is 0 Å². The van der Waals surface area contributed by atoms with Crippen molar-refractivity contribution in [2.45, 2.75) is 24.3 Å². The maximum atomic E-state index is 6.15. The maximum Gasteiger partial charge on any atom is 0.0270 e. The van der Waals surface area contributed by atoms with Crippen molar-refractivity contribution in [3.63, 3.8) is 0 Å². The fourth-order valence-electron chi connectivity index (χ4n) is 1.79. The summed E-state index contributed by atoms with van der Waals surface area (Å²) in [5.41, 5.74) is 8.70. The third-order valence-corrected chi connectivity index (χ3v) is 3.88. The minimum absolute atomic E-state index is 0.179. The Balaban J connectivity index is 1.83. The van der Waals surface area contributed by atoms with Gasteiger partial charge in [-0.15, -0.1) is 11.8 Å². The van der Waals surface area contributed by atoms with Crippen LogP contribution in [0.15, 0.2) is 53.7 Å². The molecule has 18 heavy (non-hydrogen) atoms. The summed E-state index contributed by atoms with van der Waals surface area (Å²) < 4.78 is 0. The zero-order valence-electron chi connectivity index (χ0n) is 10.5. The standard InChI is InChI=1S/C15H18N2S/c1-12-3-2-4-15(9-12)18-11-14(16)10-13-5-7-17-8-6-13/h2-9,14H,10-11,16H2,1H3. The van der Waals surface area contributed by atoms with Gasteiger partial charge in [-0.25, -0.2) is 0 Å². The Morgan fingerprint density at radius 2 is 2.00 bits per heavy atom. The molecule has 2 nitrogen and oxygen atoms in total. The fraction of sp³-hybridized carbons (Fsp3) is 0.267. The number of hydrogen-bond acceptors (Lipinski definition) is 3. The van der Waals surface area contributed by atoms with E-state index in [1.807, 2.05) is 36.3 Å². The SMILES string of the molecule is Cc1cccc(SCC(N)Cc2ccncc2)c1. The van der Waals surface area contributed by atoms with Crippen molar-refractivity contribution >= 4 is 11.8 Å². The van der Waals surface area contributed by atoms with E-state index in [4.69, 9.17) is 5.73 Å². The lowest BCUT2D eigenvalue weighted by Crippen LogP contribution is -2.25.